The number of nitrogens with zero attached hydrogens (tertiary/aromatic N) is 1. The van der Waals surface area contributed by atoms with Crippen LogP contribution < -0.4 is 4.90 Å². The molecule has 120 valence electrons. The molecule has 5 heteroatoms. The number of anilines is 1. The summed E-state index contributed by atoms with van der Waals surface area (Å²) in [5.74, 6) is 3.42. The number of rotatable bonds is 7. The average molecular weight is 313 g/mol. The van der Waals surface area contributed by atoms with E-state index in [2.05, 4.69) is 11.8 Å². The molecule has 0 heterocycles. The van der Waals surface area contributed by atoms with Crippen molar-refractivity contribution in [3.05, 3.63) is 30.3 Å². The number of hydrogen-bond acceptors (Lipinski definition) is 5. The number of carbonyl (C=O) groups excluding carboxylic acids is 2. The van der Waals surface area contributed by atoms with Crippen LogP contribution in [0.3, 0.4) is 0 Å². The molecule has 0 aliphatic heterocycles. The Morgan fingerprint density at radius 2 is 1.43 bits per heavy atom. The van der Waals surface area contributed by atoms with Gasteiger partial charge in [0.25, 0.3) is 0 Å². The predicted molar refractivity (Wildman–Crippen MR) is 87.4 cm³/mol. The normalized spacial score (nSPS) is 12.2. The van der Waals surface area contributed by atoms with E-state index in [9.17, 15) is 9.59 Å². The van der Waals surface area contributed by atoms with Crippen LogP contribution in [0.2, 0.25) is 0 Å². The molecule has 1 aromatic carbocycles. The van der Waals surface area contributed by atoms with Gasteiger partial charge < -0.3 is 14.4 Å². The van der Waals surface area contributed by atoms with Crippen LogP contribution in [0.4, 0.5) is 5.69 Å². The van der Waals surface area contributed by atoms with Gasteiger partial charge in [0.2, 0.25) is 0 Å². The summed E-state index contributed by atoms with van der Waals surface area (Å²) in [7, 11) is 0. The monoisotopic (exact) mass is 313 g/mol. The molecule has 2 unspecified atom stereocenters. The van der Waals surface area contributed by atoms with Gasteiger partial charge in [0, 0.05) is 5.69 Å². The third kappa shape index (κ3) is 5.09. The zero-order chi connectivity index (χ0) is 17.2. The molecule has 0 bridgehead atoms. The lowest BCUT2D eigenvalue weighted by Crippen LogP contribution is -2.49. The number of para-hydroxylation sites is 1. The van der Waals surface area contributed by atoms with E-state index in [1.807, 2.05) is 6.07 Å². The van der Waals surface area contributed by atoms with Gasteiger partial charge in [-0.1, -0.05) is 30.0 Å². The zero-order valence-electron chi connectivity index (χ0n) is 13.2. The van der Waals surface area contributed by atoms with E-state index < -0.39 is 24.0 Å². The van der Waals surface area contributed by atoms with E-state index in [0.29, 0.717) is 5.69 Å². The molecule has 0 saturated heterocycles. The van der Waals surface area contributed by atoms with E-state index >= 15 is 0 Å². The first-order valence-corrected chi connectivity index (χ1v) is 7.06. The van der Waals surface area contributed by atoms with Gasteiger partial charge in [0.05, 0.1) is 0 Å². The molecule has 2 atom stereocenters. The molecule has 1 rings (SSSR count). The molecule has 0 aliphatic rings. The molecule has 0 N–H and O–H groups in total. The standard InChI is InChI=1S/C18H19NO4/c1-5-12-22-17(20)14(3)19(16-10-8-7-9-11-16)15(4)18(21)23-13-6-2/h1-2,7-11,14-15H,12-13H2,3-4H3. The number of ether oxygens (including phenoxy) is 2. The van der Waals surface area contributed by atoms with Crippen LogP contribution in [-0.4, -0.2) is 37.2 Å². The SMILES string of the molecule is C#CCOC(=O)C(C)N(c1ccccc1)C(C)C(=O)OCC#C. The van der Waals surface area contributed by atoms with Gasteiger partial charge in [-0.2, -0.15) is 0 Å². The quantitative estimate of drug-likeness (QED) is 0.565. The van der Waals surface area contributed by atoms with E-state index in [1.165, 1.54) is 0 Å². The average Bonchev–Trinajstić information content (AvgIpc) is 2.58. The molecule has 0 saturated carbocycles. The van der Waals surface area contributed by atoms with Crippen LogP contribution >= 0.6 is 0 Å². The first-order valence-electron chi connectivity index (χ1n) is 7.06. The van der Waals surface area contributed by atoms with Gasteiger partial charge in [0.15, 0.2) is 13.2 Å². The molecule has 0 amide bonds. The highest BCUT2D eigenvalue weighted by molar-refractivity contribution is 5.86. The fraction of sp³-hybridized carbons (Fsp3) is 0.333. The van der Waals surface area contributed by atoms with Crippen LogP contribution in [0, 0.1) is 24.7 Å². The van der Waals surface area contributed by atoms with Gasteiger partial charge in [-0.15, -0.1) is 12.8 Å². The fourth-order valence-electron chi connectivity index (χ4n) is 2.08. The number of carbonyl (C=O) groups is 2. The summed E-state index contributed by atoms with van der Waals surface area (Å²) in [4.78, 5) is 25.8. The Kier molecular flexibility index (Phi) is 7.23. The minimum atomic E-state index is -0.723. The molecule has 0 spiro atoms. The third-order valence-electron chi connectivity index (χ3n) is 3.17. The Morgan fingerprint density at radius 1 is 1.00 bits per heavy atom. The molecule has 0 aliphatic carbocycles. The van der Waals surface area contributed by atoms with Crippen LogP contribution in [0.1, 0.15) is 13.8 Å². The molecular weight excluding hydrogens is 294 g/mol. The summed E-state index contributed by atoms with van der Waals surface area (Å²) in [6.07, 6.45) is 10.2. The molecular formula is C18H19NO4. The van der Waals surface area contributed by atoms with Crippen molar-refractivity contribution in [2.45, 2.75) is 25.9 Å². The molecule has 1 aromatic rings. The number of hydrogen-bond donors (Lipinski definition) is 0. The van der Waals surface area contributed by atoms with E-state index in [4.69, 9.17) is 22.3 Å². The second-order valence-corrected chi connectivity index (χ2v) is 4.72. The van der Waals surface area contributed by atoms with Gasteiger partial charge in [-0.05, 0) is 26.0 Å². The number of esters is 2. The first kappa shape index (κ1) is 18.1. The van der Waals surface area contributed by atoms with Crippen molar-refractivity contribution in [3.63, 3.8) is 0 Å². The molecule has 23 heavy (non-hydrogen) atoms. The van der Waals surface area contributed by atoms with Gasteiger partial charge in [-0.25, -0.2) is 9.59 Å². The highest BCUT2D eigenvalue weighted by Crippen LogP contribution is 2.21. The smallest absolute Gasteiger partial charge is 0.329 e. The molecule has 0 radical (unpaired) electrons. The van der Waals surface area contributed by atoms with Crippen molar-refractivity contribution in [1.29, 1.82) is 0 Å². The number of benzene rings is 1. The highest BCUT2D eigenvalue weighted by Gasteiger charge is 2.31. The van der Waals surface area contributed by atoms with Crippen molar-refractivity contribution in [3.8, 4) is 24.7 Å². The summed E-state index contributed by atoms with van der Waals surface area (Å²) < 4.78 is 9.93. The number of terminal acetylenes is 2. The molecule has 5 nitrogen and oxygen atoms in total. The second-order valence-electron chi connectivity index (χ2n) is 4.72. The highest BCUT2D eigenvalue weighted by atomic mass is 16.5. The minimum Gasteiger partial charge on any atom is -0.451 e. The second kappa shape index (κ2) is 9.17. The first-order chi connectivity index (χ1) is 11.0. The maximum atomic E-state index is 12.1. The Bertz CT molecular complexity index is 576. The van der Waals surface area contributed by atoms with Gasteiger partial charge >= 0.3 is 11.9 Å². The van der Waals surface area contributed by atoms with Crippen molar-refractivity contribution < 1.29 is 19.1 Å². The van der Waals surface area contributed by atoms with Crippen molar-refractivity contribution in [1.82, 2.24) is 0 Å². The van der Waals surface area contributed by atoms with E-state index in [-0.39, 0.29) is 13.2 Å². The third-order valence-corrected chi connectivity index (χ3v) is 3.17. The Balaban J connectivity index is 3.03. The maximum Gasteiger partial charge on any atom is 0.329 e. The van der Waals surface area contributed by atoms with Crippen molar-refractivity contribution in [2.24, 2.45) is 0 Å². The summed E-state index contributed by atoms with van der Waals surface area (Å²) in [5, 5.41) is 0. The van der Waals surface area contributed by atoms with Gasteiger partial charge in [-0.3, -0.25) is 0 Å². The van der Waals surface area contributed by atoms with Gasteiger partial charge in [0.1, 0.15) is 12.1 Å². The fourth-order valence-corrected chi connectivity index (χ4v) is 2.08. The largest absolute Gasteiger partial charge is 0.451 e. The lowest BCUT2D eigenvalue weighted by molar-refractivity contribution is -0.145. The van der Waals surface area contributed by atoms with Crippen molar-refractivity contribution >= 4 is 17.6 Å². The minimum absolute atomic E-state index is 0.123. The predicted octanol–water partition coefficient (Wildman–Crippen LogP) is 1.62. The lowest BCUT2D eigenvalue weighted by atomic mass is 10.1. The van der Waals surface area contributed by atoms with Crippen LogP contribution in [-0.2, 0) is 19.1 Å². The van der Waals surface area contributed by atoms with Crippen LogP contribution in [0.5, 0.6) is 0 Å². The summed E-state index contributed by atoms with van der Waals surface area (Å²) in [6, 6.07) is 7.58. The zero-order valence-corrected chi connectivity index (χ0v) is 13.2. The van der Waals surface area contributed by atoms with Crippen LogP contribution in [0.25, 0.3) is 0 Å². The maximum absolute atomic E-state index is 12.1. The molecule has 0 fully saturated rings. The Morgan fingerprint density at radius 3 is 1.83 bits per heavy atom. The summed E-state index contributed by atoms with van der Waals surface area (Å²) >= 11 is 0. The Hall–Kier alpha value is -2.92. The summed E-state index contributed by atoms with van der Waals surface area (Å²) in [5.41, 5.74) is 0.683. The summed E-state index contributed by atoms with van der Waals surface area (Å²) in [6.45, 7) is 3.02. The lowest BCUT2D eigenvalue weighted by Gasteiger charge is -2.33. The molecule has 0 aromatic heterocycles. The Labute approximate surface area is 136 Å². The van der Waals surface area contributed by atoms with Crippen molar-refractivity contribution in [2.75, 3.05) is 18.1 Å². The van der Waals surface area contributed by atoms with E-state index in [0.717, 1.165) is 0 Å². The van der Waals surface area contributed by atoms with E-state index in [1.54, 1.807) is 43.0 Å². The van der Waals surface area contributed by atoms with Crippen LogP contribution in [0.15, 0.2) is 30.3 Å². The topological polar surface area (TPSA) is 55.8 Å².